The first-order chi connectivity index (χ1) is 15.0. The van der Waals surface area contributed by atoms with Gasteiger partial charge in [-0.25, -0.2) is 4.98 Å². The van der Waals surface area contributed by atoms with E-state index in [1.807, 2.05) is 18.2 Å². The summed E-state index contributed by atoms with van der Waals surface area (Å²) < 4.78 is 5.82. The van der Waals surface area contributed by atoms with Crippen LogP contribution in [0.15, 0.2) is 77.2 Å². The molecule has 0 saturated heterocycles. The van der Waals surface area contributed by atoms with E-state index >= 15 is 0 Å². The fourth-order valence-electron chi connectivity index (χ4n) is 3.44. The lowest BCUT2D eigenvalue weighted by atomic mass is 10.0. The molecule has 0 aliphatic rings. The summed E-state index contributed by atoms with van der Waals surface area (Å²) in [6.45, 7) is 0. The molecule has 0 radical (unpaired) electrons. The van der Waals surface area contributed by atoms with Crippen molar-refractivity contribution in [3.8, 4) is 11.5 Å². The molecule has 1 N–H and O–H groups in total. The molecule has 152 valence electrons. The summed E-state index contributed by atoms with van der Waals surface area (Å²) in [5.41, 5.74) is 2.89. The summed E-state index contributed by atoms with van der Waals surface area (Å²) in [5, 5.41) is 6.01. The molecule has 0 bridgehead atoms. The van der Waals surface area contributed by atoms with Gasteiger partial charge < -0.3 is 9.73 Å². The largest absolute Gasteiger partial charge is 0.436 e. The third-order valence-electron chi connectivity index (χ3n) is 4.92. The average Bonchev–Trinajstić information content (AvgIpc) is 3.18. The van der Waals surface area contributed by atoms with Crippen molar-refractivity contribution < 1.29 is 9.21 Å². The lowest BCUT2D eigenvalue weighted by Gasteiger charge is -2.11. The molecule has 4 aromatic carbocycles. The molecule has 0 saturated carbocycles. The number of hydrogen-bond donors (Lipinski definition) is 1. The molecule has 0 aliphatic carbocycles. The normalized spacial score (nSPS) is 11.2. The minimum absolute atomic E-state index is 0.295. The zero-order valence-electron chi connectivity index (χ0n) is 15.8. The Bertz CT molecular complexity index is 1480. The monoisotopic (exact) mass is 466 g/mol. The predicted octanol–water partition coefficient (Wildman–Crippen LogP) is 7.86. The van der Waals surface area contributed by atoms with Gasteiger partial charge in [0.25, 0.3) is 5.91 Å². The first-order valence-electron chi connectivity index (χ1n) is 9.34. The first-order valence-corrected chi connectivity index (χ1v) is 10.5. The van der Waals surface area contributed by atoms with E-state index in [1.165, 1.54) is 0 Å². The molecule has 7 heteroatoms. The van der Waals surface area contributed by atoms with Gasteiger partial charge in [0, 0.05) is 26.6 Å². The highest BCUT2D eigenvalue weighted by molar-refractivity contribution is 6.36. The quantitative estimate of drug-likeness (QED) is 0.294. The molecular formula is C24H13Cl3N2O2. The SMILES string of the molecule is O=C(Nc1cc(-c2nc3cc(Cl)ccc3o2)ccc1Cl)c1cccc2c(Cl)cccc12. The van der Waals surface area contributed by atoms with Gasteiger partial charge in [-0.15, -0.1) is 0 Å². The van der Waals surface area contributed by atoms with E-state index in [1.54, 1.807) is 54.6 Å². The number of aromatic nitrogens is 1. The summed E-state index contributed by atoms with van der Waals surface area (Å²) >= 11 is 18.7. The van der Waals surface area contributed by atoms with Gasteiger partial charge in [0.2, 0.25) is 5.89 Å². The Labute approximate surface area is 192 Å². The van der Waals surface area contributed by atoms with Crippen LogP contribution in [0, 0.1) is 0 Å². The van der Waals surface area contributed by atoms with E-state index in [0.717, 1.165) is 10.8 Å². The molecule has 1 amide bonds. The maximum atomic E-state index is 13.1. The van der Waals surface area contributed by atoms with E-state index in [9.17, 15) is 4.79 Å². The molecule has 0 fully saturated rings. The van der Waals surface area contributed by atoms with Gasteiger partial charge in [0.15, 0.2) is 5.58 Å². The fraction of sp³-hybridized carbons (Fsp3) is 0. The summed E-state index contributed by atoms with van der Waals surface area (Å²) in [6.07, 6.45) is 0. The van der Waals surface area contributed by atoms with Crippen molar-refractivity contribution >= 4 is 68.3 Å². The number of nitrogens with one attached hydrogen (secondary N) is 1. The van der Waals surface area contributed by atoms with Crippen LogP contribution in [0.5, 0.6) is 0 Å². The Morgan fingerprint density at radius 2 is 1.65 bits per heavy atom. The van der Waals surface area contributed by atoms with Crippen LogP contribution < -0.4 is 5.32 Å². The van der Waals surface area contributed by atoms with Gasteiger partial charge >= 0.3 is 0 Å². The van der Waals surface area contributed by atoms with Crippen molar-refractivity contribution in [3.63, 3.8) is 0 Å². The maximum Gasteiger partial charge on any atom is 0.256 e. The van der Waals surface area contributed by atoms with Crippen molar-refractivity contribution in [2.75, 3.05) is 5.32 Å². The van der Waals surface area contributed by atoms with Crippen molar-refractivity contribution in [2.24, 2.45) is 0 Å². The van der Waals surface area contributed by atoms with Gasteiger partial charge in [-0.3, -0.25) is 4.79 Å². The second-order valence-electron chi connectivity index (χ2n) is 6.92. The summed E-state index contributed by atoms with van der Waals surface area (Å²) in [6, 6.07) is 21.3. The molecule has 1 heterocycles. The molecule has 0 spiro atoms. The summed E-state index contributed by atoms with van der Waals surface area (Å²) in [4.78, 5) is 17.5. The van der Waals surface area contributed by atoms with Crippen LogP contribution in [0.3, 0.4) is 0 Å². The number of oxazole rings is 1. The van der Waals surface area contributed by atoms with E-state index in [4.69, 9.17) is 39.2 Å². The predicted molar refractivity (Wildman–Crippen MR) is 126 cm³/mol. The van der Waals surface area contributed by atoms with Gasteiger partial charge in [0.1, 0.15) is 5.52 Å². The second kappa shape index (κ2) is 7.89. The highest BCUT2D eigenvalue weighted by Crippen LogP contribution is 2.32. The lowest BCUT2D eigenvalue weighted by Crippen LogP contribution is -2.12. The van der Waals surface area contributed by atoms with Crippen LogP contribution in [0.1, 0.15) is 10.4 Å². The molecule has 0 aliphatic heterocycles. The van der Waals surface area contributed by atoms with Crippen LogP contribution in [0.25, 0.3) is 33.3 Å². The number of halogens is 3. The average molecular weight is 468 g/mol. The van der Waals surface area contributed by atoms with Gasteiger partial charge in [-0.05, 0) is 53.9 Å². The number of anilines is 1. The number of fused-ring (bicyclic) bond motifs is 2. The molecule has 31 heavy (non-hydrogen) atoms. The van der Waals surface area contributed by atoms with Crippen LogP contribution in [-0.2, 0) is 0 Å². The highest BCUT2D eigenvalue weighted by atomic mass is 35.5. The van der Waals surface area contributed by atoms with Crippen LogP contribution >= 0.6 is 34.8 Å². The molecule has 5 rings (SSSR count). The van der Waals surface area contributed by atoms with Gasteiger partial charge in [-0.2, -0.15) is 0 Å². The van der Waals surface area contributed by atoms with E-state index in [2.05, 4.69) is 10.3 Å². The van der Waals surface area contributed by atoms with Crippen LogP contribution in [-0.4, -0.2) is 10.9 Å². The maximum absolute atomic E-state index is 13.1. The topological polar surface area (TPSA) is 55.1 Å². The molecule has 1 aromatic heterocycles. The van der Waals surface area contributed by atoms with Gasteiger partial charge in [-0.1, -0.05) is 59.1 Å². The number of carbonyl (C=O) groups is 1. The molecule has 4 nitrogen and oxygen atoms in total. The third-order valence-corrected chi connectivity index (χ3v) is 5.82. The number of benzene rings is 4. The molecule has 0 unspecified atom stereocenters. The number of carbonyl (C=O) groups excluding carboxylic acids is 1. The Morgan fingerprint density at radius 1 is 0.839 bits per heavy atom. The van der Waals surface area contributed by atoms with Crippen molar-refractivity contribution in [3.05, 3.63) is 93.4 Å². The van der Waals surface area contributed by atoms with Crippen molar-refractivity contribution in [1.29, 1.82) is 0 Å². The van der Waals surface area contributed by atoms with E-state index < -0.39 is 0 Å². The Kier molecular flexibility index (Phi) is 5.06. The Morgan fingerprint density at radius 3 is 2.52 bits per heavy atom. The zero-order chi connectivity index (χ0) is 21.5. The van der Waals surface area contributed by atoms with Crippen LogP contribution in [0.2, 0.25) is 15.1 Å². The standard InChI is InChI=1S/C24H13Cl3N2O2/c25-14-8-10-22-21(12-14)29-24(31-22)13-7-9-19(27)20(11-13)28-23(30)17-5-1-4-16-15(17)3-2-6-18(16)26/h1-12H,(H,28,30). The van der Waals surface area contributed by atoms with Gasteiger partial charge in [0.05, 0.1) is 10.7 Å². The highest BCUT2D eigenvalue weighted by Gasteiger charge is 2.15. The minimum atomic E-state index is -0.295. The Hall–Kier alpha value is -3.05. The smallest absolute Gasteiger partial charge is 0.256 e. The van der Waals surface area contributed by atoms with E-state index in [0.29, 0.717) is 48.9 Å². The molecule has 5 aromatic rings. The number of nitrogens with zero attached hydrogens (tertiary/aromatic N) is 1. The Balaban J connectivity index is 1.51. The first kappa shape index (κ1) is 19.9. The number of hydrogen-bond acceptors (Lipinski definition) is 3. The molecule has 0 atom stereocenters. The minimum Gasteiger partial charge on any atom is -0.436 e. The summed E-state index contributed by atoms with van der Waals surface area (Å²) in [5.74, 6) is 0.109. The van der Waals surface area contributed by atoms with Crippen molar-refractivity contribution in [1.82, 2.24) is 4.98 Å². The number of amides is 1. The zero-order valence-corrected chi connectivity index (χ0v) is 18.1. The van der Waals surface area contributed by atoms with Crippen molar-refractivity contribution in [2.45, 2.75) is 0 Å². The second-order valence-corrected chi connectivity index (χ2v) is 8.17. The molecular weight excluding hydrogens is 455 g/mol. The van der Waals surface area contributed by atoms with E-state index in [-0.39, 0.29) is 5.91 Å². The number of rotatable bonds is 3. The summed E-state index contributed by atoms with van der Waals surface area (Å²) in [7, 11) is 0. The lowest BCUT2D eigenvalue weighted by molar-refractivity contribution is 0.102. The third kappa shape index (κ3) is 3.74. The fourth-order valence-corrected chi connectivity index (χ4v) is 4.01. The van der Waals surface area contributed by atoms with Crippen LogP contribution in [0.4, 0.5) is 5.69 Å².